The zero-order chi connectivity index (χ0) is 37.0. The van der Waals surface area contributed by atoms with Crippen LogP contribution in [0.1, 0.15) is 30.3 Å². The Labute approximate surface area is 302 Å². The Hall–Kier alpha value is -5.21. The maximum atomic E-state index is 13.9. The standard InChI is InChI=1S/C37H36ClF2N7O5/c1-6-52-36(49)29-22-15-47(16-23(22)29)17-27-34(51-5)44-26(14-41-27)21-11-7-10-20(31(21)38)19-9-8-12-24(18(19)2)42-33-30-28(13-25(43-33)32(39)40)45(3)37(50)46(4)35(30)48/h7-14,22-23,29,32H,6,15-17H2,1-5H3,(H,42,43). The number of hydrogen-bond acceptors (Lipinski definition) is 10. The first-order chi connectivity index (χ1) is 24.9. The van der Waals surface area contributed by atoms with Gasteiger partial charge >= 0.3 is 11.7 Å². The highest BCUT2D eigenvalue weighted by Gasteiger charge is 2.60. The van der Waals surface area contributed by atoms with E-state index in [2.05, 4.69) is 15.2 Å². The number of rotatable bonds is 10. The molecule has 52 heavy (non-hydrogen) atoms. The highest BCUT2D eigenvalue weighted by atomic mass is 35.5. The molecule has 1 aliphatic carbocycles. The van der Waals surface area contributed by atoms with Gasteiger partial charge < -0.3 is 14.8 Å². The molecule has 2 aromatic carbocycles. The van der Waals surface area contributed by atoms with Gasteiger partial charge in [-0.1, -0.05) is 41.9 Å². The van der Waals surface area contributed by atoms with Crippen LogP contribution in [0.15, 0.2) is 58.3 Å². The molecule has 2 atom stereocenters. The molecule has 1 saturated heterocycles. The molecule has 2 unspecified atom stereocenters. The van der Waals surface area contributed by atoms with E-state index in [1.54, 1.807) is 25.4 Å². The first-order valence-electron chi connectivity index (χ1n) is 16.8. The number of methoxy groups -OCH3 is 1. The average Bonchev–Trinajstić information content (AvgIpc) is 3.65. The molecule has 1 N–H and O–H groups in total. The number of nitrogens with zero attached hydrogens (tertiary/aromatic N) is 6. The molecule has 12 nitrogen and oxygen atoms in total. The number of esters is 1. The van der Waals surface area contributed by atoms with Gasteiger partial charge in [-0.2, -0.15) is 0 Å². The minimum Gasteiger partial charge on any atom is -0.480 e. The van der Waals surface area contributed by atoms with Crippen molar-refractivity contribution in [3.05, 3.63) is 91.5 Å². The molecule has 0 bridgehead atoms. The highest BCUT2D eigenvalue weighted by molar-refractivity contribution is 6.36. The second-order valence-electron chi connectivity index (χ2n) is 13.1. The molecule has 0 spiro atoms. The second-order valence-corrected chi connectivity index (χ2v) is 13.5. The van der Waals surface area contributed by atoms with Crippen LogP contribution >= 0.6 is 11.6 Å². The van der Waals surface area contributed by atoms with E-state index in [1.807, 2.05) is 38.1 Å². The fraction of sp³-hybridized carbons (Fsp3) is 0.351. The number of aromatic nitrogens is 5. The maximum Gasteiger partial charge on any atom is 0.330 e. The van der Waals surface area contributed by atoms with Crippen molar-refractivity contribution < 1.29 is 23.0 Å². The number of carbonyl (C=O) groups excluding carboxylic acids is 1. The number of hydrogen-bond donors (Lipinski definition) is 1. The molecule has 0 radical (unpaired) electrons. The lowest BCUT2D eigenvalue weighted by molar-refractivity contribution is -0.145. The summed E-state index contributed by atoms with van der Waals surface area (Å²) in [4.78, 5) is 53.8. The largest absolute Gasteiger partial charge is 0.480 e. The fourth-order valence-corrected chi connectivity index (χ4v) is 7.61. The number of halogens is 3. The molecule has 5 aromatic rings. The van der Waals surface area contributed by atoms with E-state index in [0.29, 0.717) is 69.7 Å². The third-order valence-electron chi connectivity index (χ3n) is 10.1. The van der Waals surface area contributed by atoms with E-state index in [-0.39, 0.29) is 28.6 Å². The summed E-state index contributed by atoms with van der Waals surface area (Å²) in [5, 5.41) is 3.49. The van der Waals surface area contributed by atoms with Crippen LogP contribution < -0.4 is 21.3 Å². The Bertz CT molecular complexity index is 2350. The smallest absolute Gasteiger partial charge is 0.330 e. The molecule has 7 rings (SSSR count). The van der Waals surface area contributed by atoms with Crippen LogP contribution in [-0.4, -0.2) is 61.8 Å². The van der Waals surface area contributed by atoms with E-state index >= 15 is 0 Å². The van der Waals surface area contributed by atoms with Gasteiger partial charge in [0.2, 0.25) is 5.88 Å². The van der Waals surface area contributed by atoms with Gasteiger partial charge in [-0.25, -0.2) is 23.5 Å². The molecule has 4 heterocycles. The predicted octanol–water partition coefficient (Wildman–Crippen LogP) is 5.65. The monoisotopic (exact) mass is 731 g/mol. The second kappa shape index (κ2) is 13.7. The van der Waals surface area contributed by atoms with Crippen molar-refractivity contribution in [1.82, 2.24) is 29.0 Å². The number of likely N-dealkylation sites (tertiary alicyclic amines) is 1. The normalized spacial score (nSPS) is 18.1. The molecule has 1 saturated carbocycles. The molecule has 15 heteroatoms. The molecule has 3 aromatic heterocycles. The summed E-state index contributed by atoms with van der Waals surface area (Å²) in [6.45, 7) is 6.13. The van der Waals surface area contributed by atoms with E-state index in [4.69, 9.17) is 31.0 Å². The summed E-state index contributed by atoms with van der Waals surface area (Å²) in [6.07, 6.45) is -1.28. The maximum absolute atomic E-state index is 13.9. The number of carbonyl (C=O) groups is 1. The van der Waals surface area contributed by atoms with Gasteiger partial charge in [-0.3, -0.25) is 28.6 Å². The van der Waals surface area contributed by atoms with Crippen molar-refractivity contribution in [1.29, 1.82) is 0 Å². The van der Waals surface area contributed by atoms with Crippen LogP contribution in [0.2, 0.25) is 5.02 Å². The van der Waals surface area contributed by atoms with Gasteiger partial charge in [0.15, 0.2) is 0 Å². The topological polar surface area (TPSA) is 133 Å². The van der Waals surface area contributed by atoms with Crippen LogP contribution in [0.5, 0.6) is 5.88 Å². The summed E-state index contributed by atoms with van der Waals surface area (Å²) in [5.74, 6) is 0.756. The number of pyridine rings is 1. The Morgan fingerprint density at radius 1 is 1.04 bits per heavy atom. The Morgan fingerprint density at radius 3 is 2.42 bits per heavy atom. The minimum absolute atomic E-state index is 0.00259. The lowest BCUT2D eigenvalue weighted by Crippen LogP contribution is -2.37. The number of nitrogens with one attached hydrogen (secondary N) is 1. The third-order valence-corrected chi connectivity index (χ3v) is 10.5. The zero-order valence-electron chi connectivity index (χ0n) is 29.1. The number of benzene rings is 2. The van der Waals surface area contributed by atoms with Crippen LogP contribution in [-0.2, 0) is 30.2 Å². The van der Waals surface area contributed by atoms with Gasteiger partial charge in [-0.15, -0.1) is 0 Å². The average molecular weight is 732 g/mol. The first-order valence-corrected chi connectivity index (χ1v) is 17.1. The number of fused-ring (bicyclic) bond motifs is 2. The van der Waals surface area contributed by atoms with Crippen molar-refractivity contribution >= 4 is 40.0 Å². The zero-order valence-corrected chi connectivity index (χ0v) is 29.9. The van der Waals surface area contributed by atoms with E-state index in [9.17, 15) is 23.2 Å². The van der Waals surface area contributed by atoms with Gasteiger partial charge in [-0.05, 0) is 48.9 Å². The van der Waals surface area contributed by atoms with Gasteiger partial charge in [0.1, 0.15) is 22.6 Å². The van der Waals surface area contributed by atoms with E-state index < -0.39 is 23.4 Å². The van der Waals surface area contributed by atoms with Gasteiger partial charge in [0, 0.05) is 50.5 Å². The first kappa shape index (κ1) is 35.2. The van der Waals surface area contributed by atoms with E-state index in [0.717, 1.165) is 33.9 Å². The summed E-state index contributed by atoms with van der Waals surface area (Å²) < 4.78 is 40.8. The van der Waals surface area contributed by atoms with Crippen LogP contribution in [0, 0.1) is 24.7 Å². The van der Waals surface area contributed by atoms with Crippen molar-refractivity contribution in [3.8, 4) is 28.3 Å². The third kappa shape index (κ3) is 6.09. The number of piperidine rings is 1. The van der Waals surface area contributed by atoms with Crippen molar-refractivity contribution in [2.75, 3.05) is 32.1 Å². The molecule has 2 aliphatic rings. The number of alkyl halides is 2. The van der Waals surface area contributed by atoms with Gasteiger partial charge in [0.25, 0.3) is 12.0 Å². The highest BCUT2D eigenvalue weighted by Crippen LogP contribution is 2.52. The molecule has 0 amide bonds. The SMILES string of the molecule is CCOC(=O)C1C2CN(Cc3ncc(-c4cccc(-c5cccc(Nc6nc(C(F)F)cc7c6c(=O)n(C)c(=O)n7C)c5C)c4Cl)nc3OC)CC21. The molecular weight excluding hydrogens is 696 g/mol. The van der Waals surface area contributed by atoms with Crippen molar-refractivity contribution in [2.24, 2.45) is 31.8 Å². The fourth-order valence-electron chi connectivity index (χ4n) is 7.28. The van der Waals surface area contributed by atoms with Gasteiger partial charge in [0.05, 0.1) is 42.1 Å². The number of ether oxygens (including phenoxy) is 2. The lowest BCUT2D eigenvalue weighted by atomic mass is 9.96. The molecule has 2 fully saturated rings. The Morgan fingerprint density at radius 2 is 1.73 bits per heavy atom. The lowest BCUT2D eigenvalue weighted by Gasteiger charge is -2.20. The summed E-state index contributed by atoms with van der Waals surface area (Å²) in [6, 6.07) is 12.0. The summed E-state index contributed by atoms with van der Waals surface area (Å²) >= 11 is 7.07. The minimum atomic E-state index is -2.94. The van der Waals surface area contributed by atoms with Crippen LogP contribution in [0.3, 0.4) is 0 Å². The summed E-state index contributed by atoms with van der Waals surface area (Å²) in [5.41, 5.74) is 2.55. The number of aryl methyl sites for hydroxylation is 1. The number of anilines is 2. The summed E-state index contributed by atoms with van der Waals surface area (Å²) in [7, 11) is 4.28. The Kier molecular flexibility index (Phi) is 9.30. The molecule has 270 valence electrons. The Balaban J connectivity index is 1.18. The molecular formula is C37H36ClF2N7O5. The predicted molar refractivity (Wildman–Crippen MR) is 192 cm³/mol. The quantitative estimate of drug-likeness (QED) is 0.180. The van der Waals surface area contributed by atoms with Crippen molar-refractivity contribution in [3.63, 3.8) is 0 Å². The van der Waals surface area contributed by atoms with E-state index in [1.165, 1.54) is 14.1 Å². The molecule has 1 aliphatic heterocycles. The van der Waals surface area contributed by atoms with Crippen molar-refractivity contribution in [2.45, 2.75) is 26.8 Å². The van der Waals surface area contributed by atoms with Crippen LogP contribution in [0.4, 0.5) is 20.3 Å². The van der Waals surface area contributed by atoms with Crippen LogP contribution in [0.25, 0.3) is 33.3 Å².